The fraction of sp³-hybridized carbons (Fsp3) is 0.936. The normalized spacial score (nSPS) is 12.1. The van der Waals surface area contributed by atoms with Crippen LogP contribution in [-0.4, -0.2) is 37.2 Å². The molecule has 0 saturated carbocycles. The lowest BCUT2D eigenvalue weighted by atomic mass is 10.0. The molecular formula is C47H90O6. The standard InChI is InChI=1S/C47H90O6/c1-6-7-8-9-10-11-12-16-22-27-32-37-45(48)51-40-44(53-47(50)39-34-29-24-19-18-21-26-31-36-43(4)5)41-52-46(49)38-33-28-23-17-14-13-15-20-25-30-35-42(2)3/h42-44H,6-41H2,1-5H3/t44-/m0/s1. The van der Waals surface area contributed by atoms with Crippen molar-refractivity contribution in [2.24, 2.45) is 11.8 Å². The number of ether oxygens (including phenoxy) is 3. The fourth-order valence-electron chi connectivity index (χ4n) is 6.93. The van der Waals surface area contributed by atoms with Crippen LogP contribution in [0.4, 0.5) is 0 Å². The quantitative estimate of drug-likeness (QED) is 0.0352. The Balaban J connectivity index is 4.33. The molecule has 0 unspecified atom stereocenters. The summed E-state index contributed by atoms with van der Waals surface area (Å²) in [6.45, 7) is 11.3. The lowest BCUT2D eigenvalue weighted by molar-refractivity contribution is -0.167. The molecule has 0 rings (SSSR count). The van der Waals surface area contributed by atoms with Gasteiger partial charge >= 0.3 is 17.9 Å². The smallest absolute Gasteiger partial charge is 0.306 e. The monoisotopic (exact) mass is 751 g/mol. The molecule has 0 aliphatic heterocycles. The first-order valence-electron chi connectivity index (χ1n) is 23.2. The molecule has 1 atom stereocenters. The fourth-order valence-corrected chi connectivity index (χ4v) is 6.93. The Kier molecular flexibility index (Phi) is 38.9. The topological polar surface area (TPSA) is 78.9 Å². The van der Waals surface area contributed by atoms with Crippen LogP contribution >= 0.6 is 0 Å². The van der Waals surface area contributed by atoms with Crippen molar-refractivity contribution in [1.29, 1.82) is 0 Å². The van der Waals surface area contributed by atoms with Crippen LogP contribution in [0.3, 0.4) is 0 Å². The molecule has 0 aromatic carbocycles. The van der Waals surface area contributed by atoms with Crippen LogP contribution in [0.1, 0.15) is 253 Å². The molecule has 0 aliphatic rings. The van der Waals surface area contributed by atoms with Gasteiger partial charge in [-0.1, -0.05) is 214 Å². The third-order valence-electron chi connectivity index (χ3n) is 10.5. The second kappa shape index (κ2) is 40.1. The number of carbonyl (C=O) groups excluding carboxylic acids is 3. The van der Waals surface area contributed by atoms with Crippen molar-refractivity contribution in [3.8, 4) is 0 Å². The summed E-state index contributed by atoms with van der Waals surface area (Å²) >= 11 is 0. The average Bonchev–Trinajstić information content (AvgIpc) is 3.12. The van der Waals surface area contributed by atoms with E-state index in [2.05, 4.69) is 34.6 Å². The van der Waals surface area contributed by atoms with Gasteiger partial charge < -0.3 is 14.2 Å². The van der Waals surface area contributed by atoms with E-state index in [1.165, 1.54) is 141 Å². The van der Waals surface area contributed by atoms with E-state index in [0.717, 1.165) is 69.6 Å². The summed E-state index contributed by atoms with van der Waals surface area (Å²) in [7, 11) is 0. The Labute approximate surface area is 329 Å². The van der Waals surface area contributed by atoms with Gasteiger partial charge in [-0.05, 0) is 31.1 Å². The minimum Gasteiger partial charge on any atom is -0.462 e. The van der Waals surface area contributed by atoms with Crippen molar-refractivity contribution in [3.05, 3.63) is 0 Å². The van der Waals surface area contributed by atoms with Crippen LogP contribution in [-0.2, 0) is 28.6 Å². The Hall–Kier alpha value is -1.59. The third-order valence-corrected chi connectivity index (χ3v) is 10.5. The van der Waals surface area contributed by atoms with E-state index in [4.69, 9.17) is 14.2 Å². The van der Waals surface area contributed by atoms with E-state index in [1.807, 2.05) is 0 Å². The van der Waals surface area contributed by atoms with Gasteiger partial charge in [0, 0.05) is 19.3 Å². The highest BCUT2D eigenvalue weighted by Crippen LogP contribution is 2.16. The predicted octanol–water partition coefficient (Wildman–Crippen LogP) is 14.6. The van der Waals surface area contributed by atoms with Gasteiger partial charge in [0.25, 0.3) is 0 Å². The molecule has 0 heterocycles. The minimum atomic E-state index is -0.760. The highest BCUT2D eigenvalue weighted by molar-refractivity contribution is 5.71. The van der Waals surface area contributed by atoms with E-state index in [9.17, 15) is 14.4 Å². The number of unbranched alkanes of at least 4 members (excludes halogenated alkanes) is 26. The summed E-state index contributed by atoms with van der Waals surface area (Å²) in [6.07, 6.45) is 38.0. The third kappa shape index (κ3) is 41.4. The Bertz CT molecular complexity index is 809. The number of hydrogen-bond acceptors (Lipinski definition) is 6. The summed E-state index contributed by atoms with van der Waals surface area (Å²) in [6, 6.07) is 0. The van der Waals surface area contributed by atoms with Gasteiger partial charge in [-0.25, -0.2) is 0 Å². The molecule has 0 amide bonds. The van der Waals surface area contributed by atoms with Gasteiger partial charge in [0.15, 0.2) is 6.10 Å². The molecule has 53 heavy (non-hydrogen) atoms. The molecule has 0 aromatic heterocycles. The number of esters is 3. The highest BCUT2D eigenvalue weighted by atomic mass is 16.6. The second-order valence-electron chi connectivity index (χ2n) is 17.0. The van der Waals surface area contributed by atoms with E-state index >= 15 is 0 Å². The maximum Gasteiger partial charge on any atom is 0.306 e. The summed E-state index contributed by atoms with van der Waals surface area (Å²) in [5, 5.41) is 0. The first kappa shape index (κ1) is 51.4. The molecule has 0 aromatic rings. The SMILES string of the molecule is CCCCCCCCCCCCCC(=O)OC[C@@H](COC(=O)CCCCCCCCCCCCC(C)C)OC(=O)CCCCCCCCCCC(C)C. The predicted molar refractivity (Wildman–Crippen MR) is 224 cm³/mol. The second-order valence-corrected chi connectivity index (χ2v) is 17.0. The van der Waals surface area contributed by atoms with Crippen molar-refractivity contribution in [1.82, 2.24) is 0 Å². The van der Waals surface area contributed by atoms with E-state index < -0.39 is 6.10 Å². The molecule has 0 aliphatic carbocycles. The molecule has 0 bridgehead atoms. The summed E-state index contributed by atoms with van der Waals surface area (Å²) in [5.74, 6) is 0.753. The number of hydrogen-bond donors (Lipinski definition) is 0. The zero-order valence-electron chi connectivity index (χ0n) is 36.1. The highest BCUT2D eigenvalue weighted by Gasteiger charge is 2.19. The number of rotatable bonds is 41. The van der Waals surface area contributed by atoms with Crippen LogP contribution in [0.25, 0.3) is 0 Å². The molecule has 0 spiro atoms. The van der Waals surface area contributed by atoms with Gasteiger partial charge in [0.1, 0.15) is 13.2 Å². The Morgan fingerprint density at radius 3 is 0.925 bits per heavy atom. The van der Waals surface area contributed by atoms with Gasteiger partial charge in [0.2, 0.25) is 0 Å². The van der Waals surface area contributed by atoms with Crippen LogP contribution < -0.4 is 0 Å². The van der Waals surface area contributed by atoms with Crippen molar-refractivity contribution in [2.45, 2.75) is 259 Å². The molecule has 0 saturated heterocycles. The van der Waals surface area contributed by atoms with Gasteiger partial charge in [-0.2, -0.15) is 0 Å². The molecule has 0 radical (unpaired) electrons. The lowest BCUT2D eigenvalue weighted by Crippen LogP contribution is -2.30. The van der Waals surface area contributed by atoms with Gasteiger partial charge in [0.05, 0.1) is 0 Å². The van der Waals surface area contributed by atoms with Crippen LogP contribution in [0.5, 0.6) is 0 Å². The summed E-state index contributed by atoms with van der Waals surface area (Å²) in [4.78, 5) is 37.7. The number of carbonyl (C=O) groups is 3. The zero-order valence-corrected chi connectivity index (χ0v) is 36.1. The first-order valence-corrected chi connectivity index (χ1v) is 23.2. The Morgan fingerprint density at radius 2 is 0.623 bits per heavy atom. The van der Waals surface area contributed by atoms with Crippen LogP contribution in [0, 0.1) is 11.8 Å². The summed E-state index contributed by atoms with van der Waals surface area (Å²) in [5.41, 5.74) is 0. The lowest BCUT2D eigenvalue weighted by Gasteiger charge is -2.18. The van der Waals surface area contributed by atoms with Crippen molar-refractivity contribution in [2.75, 3.05) is 13.2 Å². The molecule has 0 N–H and O–H groups in total. The van der Waals surface area contributed by atoms with Crippen LogP contribution in [0.2, 0.25) is 0 Å². The van der Waals surface area contributed by atoms with Crippen LogP contribution in [0.15, 0.2) is 0 Å². The van der Waals surface area contributed by atoms with E-state index in [0.29, 0.717) is 19.3 Å². The van der Waals surface area contributed by atoms with E-state index in [1.54, 1.807) is 0 Å². The zero-order chi connectivity index (χ0) is 39.0. The largest absolute Gasteiger partial charge is 0.462 e. The van der Waals surface area contributed by atoms with E-state index in [-0.39, 0.29) is 31.1 Å². The van der Waals surface area contributed by atoms with Crippen molar-refractivity contribution < 1.29 is 28.6 Å². The summed E-state index contributed by atoms with van der Waals surface area (Å²) < 4.78 is 16.7. The van der Waals surface area contributed by atoms with Crippen molar-refractivity contribution >= 4 is 17.9 Å². The maximum absolute atomic E-state index is 12.7. The molecule has 6 heteroatoms. The Morgan fingerprint density at radius 1 is 0.358 bits per heavy atom. The molecule has 6 nitrogen and oxygen atoms in total. The average molecular weight is 751 g/mol. The van der Waals surface area contributed by atoms with Crippen molar-refractivity contribution in [3.63, 3.8) is 0 Å². The minimum absolute atomic E-state index is 0.0651. The molecular weight excluding hydrogens is 661 g/mol. The first-order chi connectivity index (χ1) is 25.7. The van der Waals surface area contributed by atoms with Gasteiger partial charge in [-0.15, -0.1) is 0 Å². The maximum atomic E-state index is 12.7. The van der Waals surface area contributed by atoms with Gasteiger partial charge in [-0.3, -0.25) is 14.4 Å². The molecule has 0 fully saturated rings. The molecule has 314 valence electrons.